The highest BCUT2D eigenvalue weighted by atomic mass is 16.3. The fourth-order valence-electron chi connectivity index (χ4n) is 9.78. The molecule has 2 saturated heterocycles. The van der Waals surface area contributed by atoms with Crippen molar-refractivity contribution in [2.45, 2.75) is 44.4 Å². The Morgan fingerprint density at radius 2 is 1.49 bits per heavy atom. The van der Waals surface area contributed by atoms with Gasteiger partial charge in [-0.1, -0.05) is 109 Å². The number of hydrogen-bond acceptors (Lipinski definition) is 6. The number of fused-ring (bicyclic) bond motifs is 5. The van der Waals surface area contributed by atoms with Gasteiger partial charge in [-0.2, -0.15) is 5.01 Å². The number of carbonyl (C=O) groups excluding carboxylic acids is 4. The third-order valence-electron chi connectivity index (χ3n) is 12.2. The Balaban J connectivity index is 1.27. The molecule has 3 fully saturated rings. The Kier molecular flexibility index (Phi) is 7.62. The topological polar surface area (TPSA) is 107 Å². The van der Waals surface area contributed by atoms with Crippen LogP contribution < -0.4 is 10.3 Å². The molecule has 6 unspecified atom stereocenters. The molecule has 0 aromatic heterocycles. The first-order valence-electron chi connectivity index (χ1n) is 18.4. The number of phenolic OH excluding ortho intramolecular Hbond substituents is 1. The number of imide groups is 2. The third-order valence-corrected chi connectivity index (χ3v) is 12.2. The summed E-state index contributed by atoms with van der Waals surface area (Å²) in [4.78, 5) is 60.6. The molecule has 5 aromatic rings. The minimum absolute atomic E-state index is 0.00286. The van der Waals surface area contributed by atoms with Crippen LogP contribution in [-0.2, 0) is 31.0 Å². The average Bonchev–Trinajstić information content (AvgIpc) is 3.57. The molecule has 9 rings (SSSR count). The first kappa shape index (κ1) is 32.9. The molecule has 0 spiro atoms. The highest BCUT2D eigenvalue weighted by Crippen LogP contribution is 2.65. The average molecular weight is 702 g/mol. The Bertz CT molecular complexity index is 2350. The normalized spacial score (nSPS) is 26.4. The van der Waals surface area contributed by atoms with E-state index < -0.39 is 46.8 Å². The molecule has 4 amide bonds. The first-order valence-corrected chi connectivity index (χ1v) is 18.4. The van der Waals surface area contributed by atoms with E-state index in [9.17, 15) is 19.5 Å². The molecule has 2 N–H and O–H groups in total. The summed E-state index contributed by atoms with van der Waals surface area (Å²) in [6.07, 6.45) is 3.34. The number of hydrogen-bond donors (Lipinski definition) is 2. The number of hydrazine groups is 1. The van der Waals surface area contributed by atoms with Crippen LogP contribution in [0.2, 0.25) is 0 Å². The number of carbonyl (C=O) groups is 4. The number of aromatic hydroxyl groups is 1. The first-order chi connectivity index (χ1) is 25.7. The predicted octanol–water partition coefficient (Wildman–Crippen LogP) is 7.61. The van der Waals surface area contributed by atoms with Crippen LogP contribution in [0, 0.1) is 30.6 Å². The van der Waals surface area contributed by atoms with Gasteiger partial charge in [0.15, 0.2) is 0 Å². The van der Waals surface area contributed by atoms with Crippen molar-refractivity contribution in [3.05, 3.63) is 149 Å². The molecule has 2 heterocycles. The Morgan fingerprint density at radius 1 is 0.774 bits per heavy atom. The van der Waals surface area contributed by atoms with Crippen molar-refractivity contribution in [1.29, 1.82) is 0 Å². The molecule has 264 valence electrons. The molecule has 2 aliphatic carbocycles. The molecule has 8 nitrogen and oxygen atoms in total. The van der Waals surface area contributed by atoms with E-state index in [1.807, 2.05) is 122 Å². The number of phenols is 1. The van der Waals surface area contributed by atoms with Crippen LogP contribution in [0.25, 0.3) is 10.8 Å². The van der Waals surface area contributed by atoms with Crippen LogP contribution in [0.4, 0.5) is 11.4 Å². The van der Waals surface area contributed by atoms with Gasteiger partial charge in [0, 0.05) is 11.5 Å². The van der Waals surface area contributed by atoms with Gasteiger partial charge in [0.25, 0.3) is 11.8 Å². The van der Waals surface area contributed by atoms with Crippen molar-refractivity contribution >= 4 is 45.8 Å². The monoisotopic (exact) mass is 701 g/mol. The SMILES string of the molecule is CCc1ccc(N2C(=O)C3CC=C4C(CC5C(=O)N(Nc6ccc(C)cc6)C(=O)C5(c5ccccc5)C4c4c(O)ccc5ccccc45)C3C2=O)cc1. The van der Waals surface area contributed by atoms with Crippen molar-refractivity contribution in [2.24, 2.45) is 23.7 Å². The number of rotatable bonds is 6. The molecule has 1 saturated carbocycles. The van der Waals surface area contributed by atoms with Crippen LogP contribution in [0.15, 0.2) is 127 Å². The van der Waals surface area contributed by atoms with Gasteiger partial charge in [0.05, 0.1) is 34.5 Å². The van der Waals surface area contributed by atoms with E-state index in [4.69, 9.17) is 0 Å². The zero-order chi connectivity index (χ0) is 36.6. The van der Waals surface area contributed by atoms with Crippen LogP contribution in [-0.4, -0.2) is 33.7 Å². The van der Waals surface area contributed by atoms with Gasteiger partial charge in [-0.15, -0.1) is 0 Å². The Morgan fingerprint density at radius 3 is 2.23 bits per heavy atom. The van der Waals surface area contributed by atoms with E-state index in [0.717, 1.165) is 38.9 Å². The van der Waals surface area contributed by atoms with Crippen LogP contribution in [0.1, 0.15) is 47.9 Å². The van der Waals surface area contributed by atoms with Crippen molar-refractivity contribution < 1.29 is 24.3 Å². The van der Waals surface area contributed by atoms with Crippen LogP contribution in [0.3, 0.4) is 0 Å². The molecule has 2 aliphatic heterocycles. The summed E-state index contributed by atoms with van der Waals surface area (Å²) in [6.45, 7) is 4.02. The fourth-order valence-corrected chi connectivity index (χ4v) is 9.78. The van der Waals surface area contributed by atoms with E-state index in [1.165, 1.54) is 4.90 Å². The predicted molar refractivity (Wildman–Crippen MR) is 203 cm³/mol. The summed E-state index contributed by atoms with van der Waals surface area (Å²) in [7, 11) is 0. The van der Waals surface area contributed by atoms with Gasteiger partial charge in [-0.05, 0) is 84.3 Å². The quantitative estimate of drug-likeness (QED) is 0.140. The zero-order valence-corrected chi connectivity index (χ0v) is 29.5. The summed E-state index contributed by atoms with van der Waals surface area (Å²) in [5, 5.41) is 14.7. The lowest BCUT2D eigenvalue weighted by Crippen LogP contribution is -2.53. The minimum Gasteiger partial charge on any atom is -0.508 e. The third kappa shape index (κ3) is 4.74. The molecule has 0 bridgehead atoms. The Hall–Kier alpha value is -6.02. The molecule has 53 heavy (non-hydrogen) atoms. The molecule has 8 heteroatoms. The van der Waals surface area contributed by atoms with Crippen molar-refractivity contribution in [3.8, 4) is 5.75 Å². The van der Waals surface area contributed by atoms with Gasteiger partial charge < -0.3 is 5.11 Å². The van der Waals surface area contributed by atoms with Gasteiger partial charge >= 0.3 is 0 Å². The minimum atomic E-state index is -1.48. The smallest absolute Gasteiger partial charge is 0.260 e. The van der Waals surface area contributed by atoms with E-state index in [0.29, 0.717) is 28.9 Å². The molecular weight excluding hydrogens is 663 g/mol. The van der Waals surface area contributed by atoms with Crippen molar-refractivity contribution in [2.75, 3.05) is 10.3 Å². The van der Waals surface area contributed by atoms with Crippen LogP contribution >= 0.6 is 0 Å². The molecule has 0 radical (unpaired) electrons. The molecular formula is C45H39N3O5. The second kappa shape index (κ2) is 12.3. The van der Waals surface area contributed by atoms with Crippen molar-refractivity contribution in [3.63, 3.8) is 0 Å². The lowest BCUT2D eigenvalue weighted by Gasteiger charge is -2.51. The van der Waals surface area contributed by atoms with E-state index in [2.05, 4.69) is 12.3 Å². The maximum Gasteiger partial charge on any atom is 0.260 e. The number of benzene rings is 5. The number of allylic oxidation sites excluding steroid dienone is 2. The van der Waals surface area contributed by atoms with E-state index in [-0.39, 0.29) is 24.0 Å². The highest BCUT2D eigenvalue weighted by Gasteiger charge is 2.70. The lowest BCUT2D eigenvalue weighted by atomic mass is 9.48. The second-order valence-corrected chi connectivity index (χ2v) is 14.8. The molecule has 5 aromatic carbocycles. The van der Waals surface area contributed by atoms with Gasteiger partial charge in [-0.3, -0.25) is 29.5 Å². The summed E-state index contributed by atoms with van der Waals surface area (Å²) in [5.74, 6) is -5.00. The second-order valence-electron chi connectivity index (χ2n) is 14.8. The van der Waals surface area contributed by atoms with Crippen molar-refractivity contribution in [1.82, 2.24) is 5.01 Å². The maximum absolute atomic E-state index is 15.5. The molecule has 4 aliphatic rings. The number of amides is 4. The standard InChI is InChI=1S/C45H39N3O5/c1-3-27-15-20-31(21-16-27)47-41(50)34-23-22-33-35(38(34)43(47)52)25-36-42(51)48(46-30-18-13-26(2)14-19-30)44(53)45(36,29-10-5-4-6-11-29)40(33)39-32-12-8-7-9-28(32)17-24-37(39)49/h4-22,24,34-36,38,40,46,49H,3,23,25H2,1-2H3. The number of anilines is 2. The van der Waals surface area contributed by atoms with Gasteiger partial charge in [0.2, 0.25) is 11.8 Å². The summed E-state index contributed by atoms with van der Waals surface area (Å²) in [5.41, 5.74) is 6.92. The Labute approximate surface area is 307 Å². The van der Waals surface area contributed by atoms with Gasteiger partial charge in [0.1, 0.15) is 5.75 Å². The number of aryl methyl sites for hydroxylation is 2. The summed E-state index contributed by atoms with van der Waals surface area (Å²) < 4.78 is 0. The van der Waals surface area contributed by atoms with Crippen LogP contribution in [0.5, 0.6) is 5.75 Å². The van der Waals surface area contributed by atoms with E-state index >= 15 is 4.79 Å². The largest absolute Gasteiger partial charge is 0.508 e. The zero-order valence-electron chi connectivity index (χ0n) is 29.5. The van der Waals surface area contributed by atoms with Gasteiger partial charge in [-0.25, -0.2) is 0 Å². The molecule has 6 atom stereocenters. The summed E-state index contributed by atoms with van der Waals surface area (Å²) >= 11 is 0. The summed E-state index contributed by atoms with van der Waals surface area (Å²) in [6, 6.07) is 35.6. The number of nitrogens with one attached hydrogen (secondary N) is 1. The number of nitrogens with zero attached hydrogens (tertiary/aromatic N) is 2. The highest BCUT2D eigenvalue weighted by molar-refractivity contribution is 6.22. The fraction of sp³-hybridized carbons (Fsp3) is 0.244. The maximum atomic E-state index is 15.5. The lowest BCUT2D eigenvalue weighted by molar-refractivity contribution is -0.138. The van der Waals surface area contributed by atoms with E-state index in [1.54, 1.807) is 6.07 Å².